The molecule has 2 nitrogen and oxygen atoms in total. The number of unbranched alkanes of at least 4 members (excludes halogenated alkanes) is 2. The Labute approximate surface area is 81.9 Å². The monoisotopic (exact) mass is 185 g/mol. The number of aliphatic hydroxyl groups excluding tert-OH is 1. The molecule has 0 aliphatic carbocycles. The van der Waals surface area contributed by atoms with Gasteiger partial charge in [-0.3, -0.25) is 0 Å². The van der Waals surface area contributed by atoms with Crippen LogP contribution in [-0.2, 0) is 0 Å². The zero-order valence-electron chi connectivity index (χ0n) is 8.84. The van der Waals surface area contributed by atoms with Gasteiger partial charge >= 0.3 is 0 Å². The Bertz CT molecular complexity index is 119. The summed E-state index contributed by atoms with van der Waals surface area (Å²) in [5.74, 6) is 0.967. The summed E-state index contributed by atoms with van der Waals surface area (Å²) in [4.78, 5) is 2.42. The molecule has 78 valence electrons. The Morgan fingerprint density at radius 1 is 1.15 bits per heavy atom. The Morgan fingerprint density at radius 3 is 2.46 bits per heavy atom. The van der Waals surface area contributed by atoms with Gasteiger partial charge in [-0.05, 0) is 45.3 Å². The number of piperidine rings is 1. The first-order chi connectivity index (χ1) is 6.33. The molecule has 0 saturated carbocycles. The van der Waals surface area contributed by atoms with Crippen molar-refractivity contribution in [2.24, 2.45) is 5.92 Å². The van der Waals surface area contributed by atoms with Crippen molar-refractivity contribution in [2.75, 3.05) is 26.7 Å². The average Bonchev–Trinajstić information content (AvgIpc) is 2.15. The molecule has 1 saturated heterocycles. The van der Waals surface area contributed by atoms with Gasteiger partial charge in [0, 0.05) is 6.61 Å². The fraction of sp³-hybridized carbons (Fsp3) is 1.00. The molecule has 0 bridgehead atoms. The maximum atomic E-state index is 8.63. The van der Waals surface area contributed by atoms with Crippen molar-refractivity contribution in [2.45, 2.75) is 38.5 Å². The topological polar surface area (TPSA) is 23.5 Å². The zero-order valence-corrected chi connectivity index (χ0v) is 8.84. The van der Waals surface area contributed by atoms with E-state index in [2.05, 4.69) is 11.9 Å². The number of nitrogens with zero attached hydrogens (tertiary/aromatic N) is 1. The molecule has 0 unspecified atom stereocenters. The molecule has 0 atom stereocenters. The van der Waals surface area contributed by atoms with Crippen molar-refractivity contribution in [1.29, 1.82) is 0 Å². The summed E-state index contributed by atoms with van der Waals surface area (Å²) in [6, 6.07) is 0. The highest BCUT2D eigenvalue weighted by atomic mass is 16.2. The van der Waals surface area contributed by atoms with Gasteiger partial charge in [-0.25, -0.2) is 0 Å². The molecule has 1 heterocycles. The van der Waals surface area contributed by atoms with Crippen LogP contribution in [0, 0.1) is 5.92 Å². The minimum atomic E-state index is 0.368. The van der Waals surface area contributed by atoms with E-state index in [9.17, 15) is 0 Å². The summed E-state index contributed by atoms with van der Waals surface area (Å²) >= 11 is 0. The van der Waals surface area contributed by atoms with Gasteiger partial charge in [-0.2, -0.15) is 0 Å². The number of hydrogen-bond donors (Lipinski definition) is 1. The third-order valence-corrected chi connectivity index (χ3v) is 3.11. The second-order valence-electron chi connectivity index (χ2n) is 4.32. The number of aliphatic hydroxyl groups is 1. The summed E-state index contributed by atoms with van der Waals surface area (Å²) in [5, 5.41) is 8.63. The molecule has 0 spiro atoms. The van der Waals surface area contributed by atoms with E-state index < -0.39 is 0 Å². The van der Waals surface area contributed by atoms with Crippen LogP contribution in [0.4, 0.5) is 0 Å². The summed E-state index contributed by atoms with van der Waals surface area (Å²) in [6.45, 7) is 2.93. The lowest BCUT2D eigenvalue weighted by atomic mass is 9.91. The first kappa shape index (κ1) is 11.0. The molecule has 13 heavy (non-hydrogen) atoms. The van der Waals surface area contributed by atoms with Gasteiger partial charge in [0.1, 0.15) is 0 Å². The van der Waals surface area contributed by atoms with Crippen molar-refractivity contribution in [3.8, 4) is 0 Å². The number of rotatable bonds is 5. The minimum absolute atomic E-state index is 0.368. The van der Waals surface area contributed by atoms with Crippen LogP contribution in [-0.4, -0.2) is 36.8 Å². The Hall–Kier alpha value is -0.0800. The maximum Gasteiger partial charge on any atom is 0.0431 e. The third-order valence-electron chi connectivity index (χ3n) is 3.11. The van der Waals surface area contributed by atoms with Gasteiger partial charge < -0.3 is 10.0 Å². The van der Waals surface area contributed by atoms with Crippen molar-refractivity contribution in [3.63, 3.8) is 0 Å². The minimum Gasteiger partial charge on any atom is -0.396 e. The van der Waals surface area contributed by atoms with Crippen LogP contribution < -0.4 is 0 Å². The fourth-order valence-electron chi connectivity index (χ4n) is 2.07. The van der Waals surface area contributed by atoms with Gasteiger partial charge in [-0.1, -0.05) is 19.3 Å². The van der Waals surface area contributed by atoms with Crippen LogP contribution in [0.3, 0.4) is 0 Å². The smallest absolute Gasteiger partial charge is 0.0431 e. The van der Waals surface area contributed by atoms with Crippen LogP contribution in [0.2, 0.25) is 0 Å². The van der Waals surface area contributed by atoms with E-state index in [1.165, 1.54) is 45.2 Å². The van der Waals surface area contributed by atoms with Gasteiger partial charge in [0.25, 0.3) is 0 Å². The van der Waals surface area contributed by atoms with Gasteiger partial charge in [-0.15, -0.1) is 0 Å². The summed E-state index contributed by atoms with van der Waals surface area (Å²) < 4.78 is 0. The normalized spacial score (nSPS) is 20.8. The molecule has 1 aliphatic rings. The molecule has 0 amide bonds. The lowest BCUT2D eigenvalue weighted by Gasteiger charge is -2.28. The maximum absolute atomic E-state index is 8.63. The Morgan fingerprint density at radius 2 is 1.85 bits per heavy atom. The average molecular weight is 185 g/mol. The van der Waals surface area contributed by atoms with Gasteiger partial charge in [0.15, 0.2) is 0 Å². The third kappa shape index (κ3) is 4.63. The SMILES string of the molecule is CN1CCC(CCCCCO)CC1. The van der Waals surface area contributed by atoms with Crippen LogP contribution in [0.25, 0.3) is 0 Å². The molecular weight excluding hydrogens is 162 g/mol. The second-order valence-corrected chi connectivity index (χ2v) is 4.32. The quantitative estimate of drug-likeness (QED) is 0.661. The molecule has 1 rings (SSSR count). The summed E-state index contributed by atoms with van der Waals surface area (Å²) in [5.41, 5.74) is 0. The van der Waals surface area contributed by atoms with Gasteiger partial charge in [0.05, 0.1) is 0 Å². The van der Waals surface area contributed by atoms with Crippen molar-refractivity contribution in [3.05, 3.63) is 0 Å². The van der Waals surface area contributed by atoms with Crippen molar-refractivity contribution >= 4 is 0 Å². The Kier molecular flexibility index (Phi) is 5.40. The van der Waals surface area contributed by atoms with Crippen LogP contribution in [0.1, 0.15) is 38.5 Å². The standard InChI is InChI=1S/C11H23NO/c1-12-8-6-11(7-9-12)5-3-2-4-10-13/h11,13H,2-10H2,1H3. The van der Waals surface area contributed by atoms with E-state index in [1.54, 1.807) is 0 Å². The molecule has 2 heteroatoms. The van der Waals surface area contributed by atoms with E-state index in [1.807, 2.05) is 0 Å². The molecule has 0 radical (unpaired) electrons. The molecule has 1 fully saturated rings. The van der Waals surface area contributed by atoms with E-state index >= 15 is 0 Å². The van der Waals surface area contributed by atoms with E-state index in [0.29, 0.717) is 6.61 Å². The van der Waals surface area contributed by atoms with Gasteiger partial charge in [0.2, 0.25) is 0 Å². The molecule has 1 N–H and O–H groups in total. The summed E-state index contributed by atoms with van der Waals surface area (Å²) in [6.07, 6.45) is 7.67. The predicted octanol–water partition coefficient (Wildman–Crippen LogP) is 1.88. The largest absolute Gasteiger partial charge is 0.396 e. The number of likely N-dealkylation sites (tertiary alicyclic amines) is 1. The first-order valence-electron chi connectivity index (χ1n) is 5.62. The van der Waals surface area contributed by atoms with Crippen LogP contribution in [0.15, 0.2) is 0 Å². The predicted molar refractivity (Wildman–Crippen MR) is 55.8 cm³/mol. The lowest BCUT2D eigenvalue weighted by Crippen LogP contribution is -2.30. The first-order valence-corrected chi connectivity index (χ1v) is 5.62. The second kappa shape index (κ2) is 6.39. The summed E-state index contributed by atoms with van der Waals surface area (Å²) in [7, 11) is 2.21. The lowest BCUT2D eigenvalue weighted by molar-refractivity contribution is 0.207. The van der Waals surface area contributed by atoms with Crippen molar-refractivity contribution < 1.29 is 5.11 Å². The van der Waals surface area contributed by atoms with Crippen LogP contribution in [0.5, 0.6) is 0 Å². The Balaban J connectivity index is 1.96. The van der Waals surface area contributed by atoms with E-state index in [-0.39, 0.29) is 0 Å². The molecule has 0 aromatic heterocycles. The highest BCUT2D eigenvalue weighted by Crippen LogP contribution is 2.21. The zero-order chi connectivity index (χ0) is 9.52. The molecule has 0 aromatic rings. The molecular formula is C11H23NO. The van der Waals surface area contributed by atoms with E-state index in [4.69, 9.17) is 5.11 Å². The number of hydrogen-bond acceptors (Lipinski definition) is 2. The fourth-order valence-corrected chi connectivity index (χ4v) is 2.07. The van der Waals surface area contributed by atoms with E-state index in [0.717, 1.165) is 12.3 Å². The highest BCUT2D eigenvalue weighted by Gasteiger charge is 2.15. The highest BCUT2D eigenvalue weighted by molar-refractivity contribution is 4.69. The molecule has 1 aliphatic heterocycles. The molecule has 0 aromatic carbocycles. The van der Waals surface area contributed by atoms with Crippen LogP contribution >= 0.6 is 0 Å². The van der Waals surface area contributed by atoms with Crippen molar-refractivity contribution in [1.82, 2.24) is 4.90 Å².